The third-order valence-corrected chi connectivity index (χ3v) is 2.89. The summed E-state index contributed by atoms with van der Waals surface area (Å²) in [6.45, 7) is 0. The molecule has 75 valence electrons. The van der Waals surface area contributed by atoms with Crippen molar-refractivity contribution in [1.82, 2.24) is 0 Å². The Labute approximate surface area is 103 Å². The van der Waals surface area contributed by atoms with E-state index >= 15 is 0 Å². The molecule has 0 aliphatic carbocycles. The van der Waals surface area contributed by atoms with Gasteiger partial charge in [0.25, 0.3) is 0 Å². The monoisotopic (exact) mass is 309 g/mol. The molecular weight excluding hydrogens is 299 g/mol. The fourth-order valence-electron chi connectivity index (χ4n) is 1.35. The predicted molar refractivity (Wildman–Crippen MR) is 70.0 cm³/mol. The van der Waals surface area contributed by atoms with Gasteiger partial charge in [-0.1, -0.05) is 18.2 Å². The Hall–Kier alpha value is -1.03. The van der Waals surface area contributed by atoms with E-state index in [0.29, 0.717) is 0 Å². The van der Waals surface area contributed by atoms with Crippen LogP contribution in [0.3, 0.4) is 0 Å². The summed E-state index contributed by atoms with van der Waals surface area (Å²) >= 11 is 2.30. The summed E-state index contributed by atoms with van der Waals surface area (Å²) in [5.41, 5.74) is 2.27. The van der Waals surface area contributed by atoms with Gasteiger partial charge >= 0.3 is 0 Å². The van der Waals surface area contributed by atoms with Gasteiger partial charge in [0, 0.05) is 3.57 Å². The van der Waals surface area contributed by atoms with Crippen molar-refractivity contribution in [3.05, 3.63) is 52.1 Å². The van der Waals surface area contributed by atoms with E-state index < -0.39 is 0 Å². The summed E-state index contributed by atoms with van der Waals surface area (Å²) in [6.07, 6.45) is 0. The molecule has 2 heteroatoms. The van der Waals surface area contributed by atoms with Crippen LogP contribution in [-0.2, 0) is 0 Å². The SMILES string of the molecule is COc1c[c]c(-c2ccc(I)cc2)cc1. The van der Waals surface area contributed by atoms with E-state index in [9.17, 15) is 0 Å². The summed E-state index contributed by atoms with van der Waals surface area (Å²) in [4.78, 5) is 0. The average Bonchev–Trinajstić information content (AvgIpc) is 2.30. The second-order valence-electron chi connectivity index (χ2n) is 3.15. The Morgan fingerprint density at radius 1 is 1.07 bits per heavy atom. The third kappa shape index (κ3) is 2.50. The Kier molecular flexibility index (Phi) is 3.26. The summed E-state index contributed by atoms with van der Waals surface area (Å²) < 4.78 is 6.33. The maximum Gasteiger partial charge on any atom is 0.119 e. The highest BCUT2D eigenvalue weighted by Crippen LogP contribution is 2.22. The van der Waals surface area contributed by atoms with E-state index in [2.05, 4.69) is 52.9 Å². The molecule has 0 unspecified atom stereocenters. The van der Waals surface area contributed by atoms with E-state index in [4.69, 9.17) is 4.74 Å². The van der Waals surface area contributed by atoms with Crippen LogP contribution in [0.1, 0.15) is 0 Å². The molecule has 2 aromatic rings. The Bertz CT molecular complexity index is 431. The molecule has 0 spiro atoms. The molecular formula is C13H10IO. The first-order valence-electron chi connectivity index (χ1n) is 4.61. The van der Waals surface area contributed by atoms with Crippen molar-refractivity contribution in [2.24, 2.45) is 0 Å². The molecule has 0 amide bonds. The van der Waals surface area contributed by atoms with Crippen LogP contribution in [0.25, 0.3) is 11.1 Å². The van der Waals surface area contributed by atoms with Gasteiger partial charge in [-0.15, -0.1) is 0 Å². The van der Waals surface area contributed by atoms with Crippen LogP contribution in [0.5, 0.6) is 5.75 Å². The van der Waals surface area contributed by atoms with Crippen molar-refractivity contribution in [3.63, 3.8) is 0 Å². The lowest BCUT2D eigenvalue weighted by Crippen LogP contribution is -1.83. The highest BCUT2D eigenvalue weighted by molar-refractivity contribution is 14.1. The van der Waals surface area contributed by atoms with Crippen LogP contribution < -0.4 is 4.74 Å². The molecule has 0 aromatic heterocycles. The molecule has 2 aromatic carbocycles. The van der Waals surface area contributed by atoms with E-state index in [0.717, 1.165) is 11.3 Å². The van der Waals surface area contributed by atoms with Gasteiger partial charge in [-0.25, -0.2) is 0 Å². The highest BCUT2D eigenvalue weighted by Gasteiger charge is 1.98. The lowest BCUT2D eigenvalue weighted by molar-refractivity contribution is 0.415. The number of benzene rings is 2. The number of halogens is 1. The van der Waals surface area contributed by atoms with Gasteiger partial charge in [0.2, 0.25) is 0 Å². The summed E-state index contributed by atoms with van der Waals surface area (Å²) in [5, 5.41) is 0. The van der Waals surface area contributed by atoms with Crippen LogP contribution in [0.2, 0.25) is 0 Å². The lowest BCUT2D eigenvalue weighted by Gasteiger charge is -2.03. The van der Waals surface area contributed by atoms with Crippen molar-refractivity contribution in [1.29, 1.82) is 0 Å². The smallest absolute Gasteiger partial charge is 0.119 e. The zero-order chi connectivity index (χ0) is 10.7. The highest BCUT2D eigenvalue weighted by atomic mass is 127. The molecule has 0 N–H and O–H groups in total. The van der Waals surface area contributed by atoms with Crippen molar-refractivity contribution in [3.8, 4) is 16.9 Å². The Balaban J connectivity index is 2.33. The number of hydrogen-bond donors (Lipinski definition) is 0. The molecule has 0 aliphatic heterocycles. The fourth-order valence-corrected chi connectivity index (χ4v) is 1.71. The molecule has 0 saturated heterocycles. The molecule has 0 fully saturated rings. The maximum atomic E-state index is 5.09. The van der Waals surface area contributed by atoms with Crippen LogP contribution in [0, 0.1) is 9.64 Å². The Morgan fingerprint density at radius 3 is 2.33 bits per heavy atom. The topological polar surface area (TPSA) is 9.23 Å². The number of hydrogen-bond acceptors (Lipinski definition) is 1. The molecule has 0 heterocycles. The minimum absolute atomic E-state index is 0.837. The second kappa shape index (κ2) is 4.66. The zero-order valence-electron chi connectivity index (χ0n) is 8.33. The van der Waals surface area contributed by atoms with Gasteiger partial charge in [-0.2, -0.15) is 0 Å². The average molecular weight is 309 g/mol. The minimum atomic E-state index is 0.837. The van der Waals surface area contributed by atoms with Gasteiger partial charge < -0.3 is 4.74 Å². The van der Waals surface area contributed by atoms with Gasteiger partial charge in [-0.3, -0.25) is 0 Å². The predicted octanol–water partition coefficient (Wildman–Crippen LogP) is 3.77. The Morgan fingerprint density at radius 2 is 1.80 bits per heavy atom. The van der Waals surface area contributed by atoms with E-state index in [1.54, 1.807) is 7.11 Å². The van der Waals surface area contributed by atoms with Gasteiger partial charge in [-0.05, 0) is 64.0 Å². The molecule has 0 saturated carbocycles. The normalized spacial score (nSPS) is 10.0. The number of rotatable bonds is 2. The molecule has 15 heavy (non-hydrogen) atoms. The maximum absolute atomic E-state index is 5.09. The van der Waals surface area contributed by atoms with Crippen LogP contribution in [0.4, 0.5) is 0 Å². The van der Waals surface area contributed by atoms with E-state index in [1.807, 2.05) is 18.2 Å². The van der Waals surface area contributed by atoms with Crippen LogP contribution in [-0.4, -0.2) is 7.11 Å². The third-order valence-electron chi connectivity index (χ3n) is 2.18. The van der Waals surface area contributed by atoms with Crippen LogP contribution >= 0.6 is 22.6 Å². The minimum Gasteiger partial charge on any atom is -0.497 e. The van der Waals surface area contributed by atoms with Crippen molar-refractivity contribution in [2.75, 3.05) is 7.11 Å². The number of ether oxygens (including phenoxy) is 1. The second-order valence-corrected chi connectivity index (χ2v) is 4.39. The largest absolute Gasteiger partial charge is 0.497 e. The van der Waals surface area contributed by atoms with Gasteiger partial charge in [0.1, 0.15) is 5.75 Å². The first-order valence-corrected chi connectivity index (χ1v) is 5.69. The summed E-state index contributed by atoms with van der Waals surface area (Å²) in [7, 11) is 1.66. The molecule has 0 aliphatic rings. The molecule has 1 radical (unpaired) electrons. The standard InChI is InChI=1S/C13H10IO/c1-15-13-8-4-11(5-9-13)10-2-6-12(14)7-3-10/h2-4,6-9H,1H3. The molecule has 2 rings (SSSR count). The summed E-state index contributed by atoms with van der Waals surface area (Å²) in [6, 6.07) is 17.4. The molecule has 1 nitrogen and oxygen atoms in total. The zero-order valence-corrected chi connectivity index (χ0v) is 10.5. The first kappa shape index (κ1) is 10.5. The quantitative estimate of drug-likeness (QED) is 0.767. The van der Waals surface area contributed by atoms with Crippen LogP contribution in [0.15, 0.2) is 42.5 Å². The van der Waals surface area contributed by atoms with Gasteiger partial charge in [0.15, 0.2) is 0 Å². The van der Waals surface area contributed by atoms with Crippen molar-refractivity contribution < 1.29 is 4.74 Å². The van der Waals surface area contributed by atoms with Crippen molar-refractivity contribution >= 4 is 22.6 Å². The molecule has 0 atom stereocenters. The summed E-state index contributed by atoms with van der Waals surface area (Å²) in [5.74, 6) is 0.837. The van der Waals surface area contributed by atoms with Gasteiger partial charge in [0.05, 0.1) is 7.11 Å². The molecule has 0 bridgehead atoms. The van der Waals surface area contributed by atoms with Crippen molar-refractivity contribution in [2.45, 2.75) is 0 Å². The van der Waals surface area contributed by atoms with E-state index in [-0.39, 0.29) is 0 Å². The first-order chi connectivity index (χ1) is 7.29. The lowest BCUT2D eigenvalue weighted by atomic mass is 10.1. The fraction of sp³-hybridized carbons (Fsp3) is 0.0769. The number of methoxy groups -OCH3 is 1. The van der Waals surface area contributed by atoms with E-state index in [1.165, 1.54) is 9.13 Å².